The third-order valence-corrected chi connectivity index (χ3v) is 2.13. The van der Waals surface area contributed by atoms with E-state index < -0.39 is 0 Å². The first-order valence-electron chi connectivity index (χ1n) is 4.30. The maximum absolute atomic E-state index is 5.75. The molecule has 1 atom stereocenters. The minimum absolute atomic E-state index is 0.126. The molecule has 0 fully saturated rings. The van der Waals surface area contributed by atoms with Gasteiger partial charge < -0.3 is 10.2 Å². The molecule has 12 heavy (non-hydrogen) atoms. The van der Waals surface area contributed by atoms with Crippen molar-refractivity contribution < 1.29 is 4.42 Å². The molecule has 1 aromatic heterocycles. The zero-order valence-electron chi connectivity index (χ0n) is 8.00. The number of rotatable bonds is 3. The quantitative estimate of drug-likeness (QED) is 0.750. The van der Waals surface area contributed by atoms with Gasteiger partial charge in [-0.05, 0) is 30.4 Å². The Morgan fingerprint density at radius 2 is 2.25 bits per heavy atom. The molecule has 1 aromatic rings. The van der Waals surface area contributed by atoms with Gasteiger partial charge in [0.2, 0.25) is 0 Å². The smallest absolute Gasteiger partial charge is 0.0939 e. The Morgan fingerprint density at radius 1 is 1.58 bits per heavy atom. The van der Waals surface area contributed by atoms with Gasteiger partial charge in [0.15, 0.2) is 0 Å². The van der Waals surface area contributed by atoms with Crippen molar-refractivity contribution in [3.8, 4) is 0 Å². The summed E-state index contributed by atoms with van der Waals surface area (Å²) in [5.74, 6) is 0. The summed E-state index contributed by atoms with van der Waals surface area (Å²) in [6.45, 7) is 6.39. The Hall–Kier alpha value is -0.760. The average molecular weight is 167 g/mol. The van der Waals surface area contributed by atoms with E-state index in [9.17, 15) is 0 Å². The van der Waals surface area contributed by atoms with Crippen LogP contribution >= 0.6 is 0 Å². The van der Waals surface area contributed by atoms with Crippen molar-refractivity contribution in [2.75, 3.05) is 0 Å². The highest BCUT2D eigenvalue weighted by Gasteiger charge is 2.22. The molecule has 68 valence electrons. The van der Waals surface area contributed by atoms with Crippen LogP contribution < -0.4 is 5.73 Å². The summed E-state index contributed by atoms with van der Waals surface area (Å²) < 4.78 is 5.04. The molecule has 0 aliphatic carbocycles. The molecule has 0 amide bonds. The summed E-state index contributed by atoms with van der Waals surface area (Å²) >= 11 is 0. The van der Waals surface area contributed by atoms with Gasteiger partial charge in [0.05, 0.1) is 12.5 Å². The van der Waals surface area contributed by atoms with Crippen LogP contribution in [-0.2, 0) is 5.41 Å². The van der Waals surface area contributed by atoms with E-state index in [4.69, 9.17) is 10.2 Å². The lowest BCUT2D eigenvalue weighted by atomic mass is 9.81. The Labute approximate surface area is 73.8 Å². The summed E-state index contributed by atoms with van der Waals surface area (Å²) in [4.78, 5) is 0. The molecule has 0 aromatic carbocycles. The minimum Gasteiger partial charge on any atom is -0.472 e. The lowest BCUT2D eigenvalue weighted by Crippen LogP contribution is -2.27. The summed E-state index contributed by atoms with van der Waals surface area (Å²) in [6.07, 6.45) is 4.48. The monoisotopic (exact) mass is 167 g/mol. The van der Waals surface area contributed by atoms with Gasteiger partial charge in [-0.15, -0.1) is 0 Å². The number of nitrogens with two attached hydrogens (primary N) is 1. The number of furan rings is 1. The van der Waals surface area contributed by atoms with Crippen molar-refractivity contribution in [2.45, 2.75) is 38.6 Å². The van der Waals surface area contributed by atoms with E-state index in [0.29, 0.717) is 0 Å². The van der Waals surface area contributed by atoms with Crippen molar-refractivity contribution in [1.29, 1.82) is 0 Å². The van der Waals surface area contributed by atoms with E-state index in [0.717, 1.165) is 6.42 Å². The van der Waals surface area contributed by atoms with Crippen molar-refractivity contribution >= 4 is 0 Å². The van der Waals surface area contributed by atoms with E-state index >= 15 is 0 Å². The molecule has 1 heterocycles. The molecule has 0 aliphatic rings. The standard InChI is InChI=1S/C10H17NO/c1-8(11)6-10(2,3)9-4-5-12-7-9/h4-5,7-8H,6,11H2,1-3H3. The molecule has 0 aliphatic heterocycles. The van der Waals surface area contributed by atoms with Gasteiger partial charge >= 0.3 is 0 Å². The second kappa shape index (κ2) is 3.31. The van der Waals surface area contributed by atoms with Gasteiger partial charge in [-0.1, -0.05) is 13.8 Å². The van der Waals surface area contributed by atoms with Gasteiger partial charge in [0.25, 0.3) is 0 Å². The molecule has 0 spiro atoms. The van der Waals surface area contributed by atoms with E-state index in [-0.39, 0.29) is 11.5 Å². The summed E-state index contributed by atoms with van der Waals surface area (Å²) in [5, 5.41) is 0. The first-order valence-corrected chi connectivity index (χ1v) is 4.30. The Morgan fingerprint density at radius 3 is 2.67 bits per heavy atom. The molecule has 0 saturated carbocycles. The average Bonchev–Trinajstić information content (AvgIpc) is 2.32. The lowest BCUT2D eigenvalue weighted by molar-refractivity contribution is 0.431. The second-order valence-electron chi connectivity index (χ2n) is 4.08. The molecule has 0 bridgehead atoms. The van der Waals surface area contributed by atoms with Crippen LogP contribution in [-0.4, -0.2) is 6.04 Å². The van der Waals surface area contributed by atoms with E-state index in [2.05, 4.69) is 13.8 Å². The molecule has 0 saturated heterocycles. The molecule has 1 unspecified atom stereocenters. The predicted molar refractivity (Wildman–Crippen MR) is 50.0 cm³/mol. The van der Waals surface area contributed by atoms with Gasteiger partial charge in [-0.2, -0.15) is 0 Å². The van der Waals surface area contributed by atoms with E-state index in [1.807, 2.05) is 13.0 Å². The minimum atomic E-state index is 0.126. The number of hydrogen-bond donors (Lipinski definition) is 1. The van der Waals surface area contributed by atoms with Gasteiger partial charge in [-0.3, -0.25) is 0 Å². The predicted octanol–water partition coefficient (Wildman–Crippen LogP) is 2.29. The number of hydrogen-bond acceptors (Lipinski definition) is 2. The van der Waals surface area contributed by atoms with Crippen molar-refractivity contribution in [1.82, 2.24) is 0 Å². The SMILES string of the molecule is CC(N)CC(C)(C)c1ccoc1. The molecule has 0 radical (unpaired) electrons. The zero-order chi connectivity index (χ0) is 9.19. The normalized spacial score (nSPS) is 14.7. The van der Waals surface area contributed by atoms with Gasteiger partial charge in [0, 0.05) is 6.04 Å². The fourth-order valence-electron chi connectivity index (χ4n) is 1.57. The van der Waals surface area contributed by atoms with E-state index in [1.165, 1.54) is 5.56 Å². The van der Waals surface area contributed by atoms with Crippen molar-refractivity contribution in [2.24, 2.45) is 5.73 Å². The Balaban J connectivity index is 2.72. The molecule has 2 nitrogen and oxygen atoms in total. The van der Waals surface area contributed by atoms with Crippen molar-refractivity contribution in [3.05, 3.63) is 24.2 Å². The van der Waals surface area contributed by atoms with Gasteiger partial charge in [0.1, 0.15) is 0 Å². The second-order valence-corrected chi connectivity index (χ2v) is 4.08. The van der Waals surface area contributed by atoms with Crippen LogP contribution in [0.3, 0.4) is 0 Å². The van der Waals surface area contributed by atoms with Crippen LogP contribution in [0.25, 0.3) is 0 Å². The lowest BCUT2D eigenvalue weighted by Gasteiger charge is -2.24. The molecule has 2 heteroatoms. The first kappa shape index (κ1) is 9.33. The van der Waals surface area contributed by atoms with Crippen LogP contribution in [0.15, 0.2) is 23.0 Å². The Kier molecular flexibility index (Phi) is 2.58. The van der Waals surface area contributed by atoms with Crippen molar-refractivity contribution in [3.63, 3.8) is 0 Å². The highest BCUT2D eigenvalue weighted by atomic mass is 16.3. The summed E-state index contributed by atoms with van der Waals surface area (Å²) in [5.41, 5.74) is 7.10. The maximum atomic E-state index is 5.75. The highest BCUT2D eigenvalue weighted by molar-refractivity contribution is 5.17. The van der Waals surface area contributed by atoms with Crippen LogP contribution in [0.2, 0.25) is 0 Å². The summed E-state index contributed by atoms with van der Waals surface area (Å²) in [6, 6.07) is 2.23. The molecule has 1 rings (SSSR count). The fourth-order valence-corrected chi connectivity index (χ4v) is 1.57. The topological polar surface area (TPSA) is 39.2 Å². The Bertz CT molecular complexity index is 224. The van der Waals surface area contributed by atoms with Crippen LogP contribution in [0.5, 0.6) is 0 Å². The highest BCUT2D eigenvalue weighted by Crippen LogP contribution is 2.27. The van der Waals surface area contributed by atoms with Gasteiger partial charge in [-0.25, -0.2) is 0 Å². The zero-order valence-corrected chi connectivity index (χ0v) is 8.00. The third kappa shape index (κ3) is 2.11. The van der Waals surface area contributed by atoms with E-state index in [1.54, 1.807) is 12.5 Å². The molecular weight excluding hydrogens is 150 g/mol. The van der Waals surface area contributed by atoms with Crippen LogP contribution in [0.4, 0.5) is 0 Å². The summed E-state index contributed by atoms with van der Waals surface area (Å²) in [7, 11) is 0. The molecular formula is C10H17NO. The molecule has 2 N–H and O–H groups in total. The first-order chi connectivity index (χ1) is 5.52. The largest absolute Gasteiger partial charge is 0.472 e. The fraction of sp³-hybridized carbons (Fsp3) is 0.600. The van der Waals surface area contributed by atoms with Crippen LogP contribution in [0, 0.1) is 0 Å². The maximum Gasteiger partial charge on any atom is 0.0939 e. The van der Waals surface area contributed by atoms with Crippen LogP contribution in [0.1, 0.15) is 32.8 Å². The third-order valence-electron chi connectivity index (χ3n) is 2.13.